The van der Waals surface area contributed by atoms with Gasteiger partial charge in [-0.25, -0.2) is 14.8 Å². The zero-order valence-corrected chi connectivity index (χ0v) is 14.4. The average molecular weight is 349 g/mol. The van der Waals surface area contributed by atoms with Gasteiger partial charge in [0.25, 0.3) is 0 Å². The van der Waals surface area contributed by atoms with Gasteiger partial charge in [0, 0.05) is 11.1 Å². The smallest absolute Gasteiger partial charge is 0.337 e. The van der Waals surface area contributed by atoms with E-state index in [1.807, 2.05) is 53.3 Å². The Morgan fingerprint density at radius 3 is 2.72 bits per heavy atom. The van der Waals surface area contributed by atoms with E-state index in [1.165, 1.54) is 7.11 Å². The molecule has 0 saturated heterocycles. The highest BCUT2D eigenvalue weighted by Crippen LogP contribution is 2.26. The average Bonchev–Trinajstić information content (AvgIpc) is 3.09. The van der Waals surface area contributed by atoms with Gasteiger partial charge < -0.3 is 4.74 Å². The lowest BCUT2D eigenvalue weighted by atomic mass is 10.1. The van der Waals surface area contributed by atoms with Crippen molar-refractivity contribution in [3.05, 3.63) is 72.2 Å². The Morgan fingerprint density at radius 1 is 1.12 bits per heavy atom. The Kier molecular flexibility index (Phi) is 4.11. The number of hydrogen-bond donors (Lipinski definition) is 0. The maximum absolute atomic E-state index is 11.5. The molecule has 2 aromatic carbocycles. The highest BCUT2D eigenvalue weighted by molar-refractivity contribution is 7.98. The van der Waals surface area contributed by atoms with E-state index in [0.29, 0.717) is 5.56 Å². The summed E-state index contributed by atoms with van der Waals surface area (Å²) in [6.07, 6.45) is 3.68. The molecule has 0 fully saturated rings. The molecule has 6 heteroatoms. The molecule has 0 aliphatic carbocycles. The Labute approximate surface area is 148 Å². The molecule has 0 saturated carbocycles. The van der Waals surface area contributed by atoms with Crippen LogP contribution >= 0.6 is 11.8 Å². The van der Waals surface area contributed by atoms with Gasteiger partial charge in [0.1, 0.15) is 17.0 Å². The van der Waals surface area contributed by atoms with Gasteiger partial charge in [0.2, 0.25) is 0 Å². The zero-order valence-electron chi connectivity index (χ0n) is 13.5. The van der Waals surface area contributed by atoms with Gasteiger partial charge in [-0.2, -0.15) is 0 Å². The number of hydrogen-bond acceptors (Lipinski definition) is 5. The van der Waals surface area contributed by atoms with Crippen molar-refractivity contribution in [1.29, 1.82) is 0 Å². The first-order valence-electron chi connectivity index (χ1n) is 7.77. The highest BCUT2D eigenvalue weighted by Gasteiger charge is 2.09. The molecule has 0 unspecified atom stereocenters. The summed E-state index contributed by atoms with van der Waals surface area (Å²) in [5, 5.41) is 2.07. The van der Waals surface area contributed by atoms with Crippen molar-refractivity contribution in [1.82, 2.24) is 14.4 Å². The van der Waals surface area contributed by atoms with Crippen LogP contribution in [0, 0.1) is 0 Å². The monoisotopic (exact) mass is 349 g/mol. The third kappa shape index (κ3) is 2.96. The number of thioether (sulfide) groups is 1. The molecule has 124 valence electrons. The largest absolute Gasteiger partial charge is 0.465 e. The molecular formula is C19H15N3O2S. The van der Waals surface area contributed by atoms with Crippen molar-refractivity contribution in [2.24, 2.45) is 0 Å². The molecular weight excluding hydrogens is 334 g/mol. The van der Waals surface area contributed by atoms with Crippen molar-refractivity contribution in [2.75, 3.05) is 7.11 Å². The van der Waals surface area contributed by atoms with Gasteiger partial charge in [-0.3, -0.25) is 4.40 Å². The number of ether oxygens (including phenoxy) is 1. The third-order valence-electron chi connectivity index (χ3n) is 3.98. The summed E-state index contributed by atoms with van der Waals surface area (Å²) in [4.78, 5) is 20.5. The molecule has 2 heterocycles. The Balaban J connectivity index is 1.57. The number of rotatable bonds is 4. The van der Waals surface area contributed by atoms with Crippen LogP contribution in [0.4, 0.5) is 0 Å². The van der Waals surface area contributed by atoms with Crippen LogP contribution < -0.4 is 0 Å². The second-order valence-corrected chi connectivity index (χ2v) is 6.52. The van der Waals surface area contributed by atoms with Gasteiger partial charge >= 0.3 is 5.97 Å². The lowest BCUT2D eigenvalue weighted by Gasteiger charge is -2.04. The minimum absolute atomic E-state index is 0.320. The number of para-hydroxylation sites is 1. The second-order valence-electron chi connectivity index (χ2n) is 5.53. The molecule has 0 aliphatic rings. The summed E-state index contributed by atoms with van der Waals surface area (Å²) in [7, 11) is 1.38. The number of esters is 1. The van der Waals surface area contributed by atoms with Crippen LogP contribution in [0.15, 0.2) is 66.1 Å². The van der Waals surface area contributed by atoms with E-state index in [-0.39, 0.29) is 5.97 Å². The molecule has 2 aromatic heterocycles. The van der Waals surface area contributed by atoms with E-state index in [0.717, 1.165) is 32.9 Å². The van der Waals surface area contributed by atoms with Crippen LogP contribution in [0.25, 0.3) is 16.6 Å². The second kappa shape index (κ2) is 6.57. The van der Waals surface area contributed by atoms with Crippen LogP contribution in [0.1, 0.15) is 15.9 Å². The van der Waals surface area contributed by atoms with E-state index >= 15 is 0 Å². The number of fused-ring (bicyclic) bond motifs is 3. The molecule has 4 rings (SSSR count). The first-order valence-corrected chi connectivity index (χ1v) is 8.75. The summed E-state index contributed by atoms with van der Waals surface area (Å²) in [5.41, 5.74) is 3.53. The van der Waals surface area contributed by atoms with Crippen molar-refractivity contribution < 1.29 is 9.53 Å². The Hall–Kier alpha value is -2.86. The lowest BCUT2D eigenvalue weighted by Crippen LogP contribution is -2.00. The van der Waals surface area contributed by atoms with Gasteiger partial charge in [-0.05, 0) is 29.8 Å². The van der Waals surface area contributed by atoms with Crippen LogP contribution in [-0.2, 0) is 10.5 Å². The van der Waals surface area contributed by atoms with Crippen molar-refractivity contribution in [2.45, 2.75) is 10.8 Å². The van der Waals surface area contributed by atoms with E-state index in [4.69, 9.17) is 4.74 Å². The summed E-state index contributed by atoms with van der Waals surface area (Å²) in [6.45, 7) is 0. The van der Waals surface area contributed by atoms with Crippen molar-refractivity contribution >= 4 is 34.3 Å². The topological polar surface area (TPSA) is 56.5 Å². The summed E-state index contributed by atoms with van der Waals surface area (Å²) >= 11 is 1.68. The summed E-state index contributed by atoms with van der Waals surface area (Å²) in [5.74, 6) is 0.459. The van der Waals surface area contributed by atoms with Gasteiger partial charge in [-0.15, -0.1) is 11.8 Å². The number of benzene rings is 2. The van der Waals surface area contributed by atoms with Gasteiger partial charge in [0.15, 0.2) is 0 Å². The summed E-state index contributed by atoms with van der Waals surface area (Å²) < 4.78 is 6.73. The number of methoxy groups -OCH3 is 1. The quantitative estimate of drug-likeness (QED) is 0.412. The Bertz CT molecular complexity index is 1060. The highest BCUT2D eigenvalue weighted by atomic mass is 32.2. The molecule has 0 atom stereocenters. The van der Waals surface area contributed by atoms with Crippen LogP contribution in [0.2, 0.25) is 0 Å². The number of carbonyl (C=O) groups is 1. The van der Waals surface area contributed by atoms with Gasteiger partial charge in [-0.1, -0.05) is 24.3 Å². The molecule has 0 spiro atoms. The maximum atomic E-state index is 11.5. The first-order chi connectivity index (χ1) is 12.3. The van der Waals surface area contributed by atoms with E-state index in [1.54, 1.807) is 23.9 Å². The molecule has 0 aliphatic heterocycles. The third-order valence-corrected chi connectivity index (χ3v) is 5.06. The molecule has 4 aromatic rings. The zero-order chi connectivity index (χ0) is 17.2. The van der Waals surface area contributed by atoms with E-state index in [9.17, 15) is 4.79 Å². The molecule has 25 heavy (non-hydrogen) atoms. The molecule has 0 amide bonds. The standard InChI is InChI=1S/C19H15N3O2S/c1-24-19(23)14-8-6-13(7-9-14)11-25-17-10-20-18-15-4-2-3-5-16(15)21-12-22(17)18/h2-10,12H,11H2,1H3. The normalized spacial score (nSPS) is 11.1. The van der Waals surface area contributed by atoms with E-state index < -0.39 is 0 Å². The number of imidazole rings is 1. The van der Waals surface area contributed by atoms with Gasteiger partial charge in [0.05, 0.1) is 24.4 Å². The number of aromatic nitrogens is 3. The molecule has 5 nitrogen and oxygen atoms in total. The lowest BCUT2D eigenvalue weighted by molar-refractivity contribution is 0.0600. The fourth-order valence-corrected chi connectivity index (χ4v) is 3.58. The Morgan fingerprint density at radius 2 is 1.92 bits per heavy atom. The minimum atomic E-state index is -0.320. The predicted octanol–water partition coefficient (Wildman–Crippen LogP) is 3.96. The number of nitrogens with zero attached hydrogens (tertiary/aromatic N) is 3. The molecule has 0 radical (unpaired) electrons. The maximum Gasteiger partial charge on any atom is 0.337 e. The fourth-order valence-electron chi connectivity index (χ4n) is 2.67. The SMILES string of the molecule is COC(=O)c1ccc(CSc2cnc3c4ccccc4ncn23)cc1. The van der Waals surface area contributed by atoms with Crippen molar-refractivity contribution in [3.8, 4) is 0 Å². The molecule has 0 bridgehead atoms. The van der Waals surface area contributed by atoms with Crippen LogP contribution in [0.3, 0.4) is 0 Å². The van der Waals surface area contributed by atoms with Crippen LogP contribution in [-0.4, -0.2) is 27.4 Å². The van der Waals surface area contributed by atoms with Crippen molar-refractivity contribution in [3.63, 3.8) is 0 Å². The molecule has 0 N–H and O–H groups in total. The minimum Gasteiger partial charge on any atom is -0.465 e. The first kappa shape index (κ1) is 15.7. The number of carbonyl (C=O) groups excluding carboxylic acids is 1. The fraction of sp³-hybridized carbons (Fsp3) is 0.105. The van der Waals surface area contributed by atoms with Crippen LogP contribution in [0.5, 0.6) is 0 Å². The predicted molar refractivity (Wildman–Crippen MR) is 97.8 cm³/mol. The summed E-state index contributed by atoms with van der Waals surface area (Å²) in [6, 6.07) is 15.4. The van der Waals surface area contributed by atoms with E-state index in [2.05, 4.69) is 9.97 Å².